The van der Waals surface area contributed by atoms with Gasteiger partial charge in [0.2, 0.25) is 0 Å². The van der Waals surface area contributed by atoms with E-state index < -0.39 is 0 Å². The second-order valence-electron chi connectivity index (χ2n) is 4.81. The summed E-state index contributed by atoms with van der Waals surface area (Å²) in [4.78, 5) is 0. The van der Waals surface area contributed by atoms with E-state index in [2.05, 4.69) is 35.2 Å². The van der Waals surface area contributed by atoms with Gasteiger partial charge in [-0.15, -0.1) is 0 Å². The average molecular weight is 452 g/mol. The monoisotopic (exact) mass is 451 g/mol. The Morgan fingerprint density at radius 1 is 1.33 bits per heavy atom. The zero-order chi connectivity index (χ0) is 17.5. The predicted octanol–water partition coefficient (Wildman–Crippen LogP) is 5.58. The van der Waals surface area contributed by atoms with Gasteiger partial charge in [0.1, 0.15) is 6.61 Å². The molecule has 24 heavy (non-hydrogen) atoms. The van der Waals surface area contributed by atoms with Gasteiger partial charge >= 0.3 is 0 Å². The molecular formula is C19H15ClINO2. The lowest BCUT2D eigenvalue weighted by molar-refractivity contribution is 0.324. The molecule has 0 amide bonds. The highest BCUT2D eigenvalue weighted by molar-refractivity contribution is 14.1. The Morgan fingerprint density at radius 3 is 2.62 bits per heavy atom. The van der Waals surface area contributed by atoms with Gasteiger partial charge in [-0.2, -0.15) is 5.26 Å². The first-order valence-corrected chi connectivity index (χ1v) is 8.53. The summed E-state index contributed by atoms with van der Waals surface area (Å²) in [7, 11) is 1.59. The third-order valence-electron chi connectivity index (χ3n) is 3.18. The summed E-state index contributed by atoms with van der Waals surface area (Å²) >= 11 is 8.08. The smallest absolute Gasteiger partial charge is 0.174 e. The molecule has 2 rings (SSSR count). The van der Waals surface area contributed by atoms with Crippen LogP contribution in [0.1, 0.15) is 11.1 Å². The van der Waals surface area contributed by atoms with Crippen molar-refractivity contribution in [2.75, 3.05) is 13.7 Å². The van der Waals surface area contributed by atoms with Crippen molar-refractivity contribution in [3.63, 3.8) is 0 Å². The van der Waals surface area contributed by atoms with Crippen LogP contribution >= 0.6 is 34.2 Å². The fourth-order valence-electron chi connectivity index (χ4n) is 2.08. The highest BCUT2D eigenvalue weighted by atomic mass is 127. The average Bonchev–Trinajstić information content (AvgIpc) is 2.59. The highest BCUT2D eigenvalue weighted by Gasteiger charge is 2.11. The third kappa shape index (κ3) is 4.53. The Labute approximate surface area is 160 Å². The summed E-state index contributed by atoms with van der Waals surface area (Å²) in [5.41, 5.74) is 2.21. The highest BCUT2D eigenvalue weighted by Crippen LogP contribution is 2.35. The van der Waals surface area contributed by atoms with Crippen LogP contribution in [0.5, 0.6) is 11.5 Å². The van der Waals surface area contributed by atoms with Crippen LogP contribution in [-0.4, -0.2) is 13.7 Å². The molecule has 0 unspecified atom stereocenters. The molecule has 0 aliphatic carbocycles. The maximum absolute atomic E-state index is 9.46. The van der Waals surface area contributed by atoms with E-state index in [1.165, 1.54) is 0 Å². The van der Waals surface area contributed by atoms with E-state index >= 15 is 0 Å². The molecule has 0 aromatic heterocycles. The SMILES string of the molecule is C=CCOc1c(I)cc(C=C(C#N)c2ccc(Cl)cc2)cc1OC. The maximum Gasteiger partial charge on any atom is 0.174 e. The number of nitriles is 1. The lowest BCUT2D eigenvalue weighted by Gasteiger charge is -2.12. The quantitative estimate of drug-likeness (QED) is 0.249. The number of rotatable bonds is 6. The lowest BCUT2D eigenvalue weighted by Crippen LogP contribution is -1.99. The standard InChI is InChI=1S/C19H15ClINO2/c1-3-8-24-19-17(21)10-13(11-18(19)23-2)9-15(12-22)14-4-6-16(20)7-5-14/h3-7,9-11H,1,8H2,2H3. The van der Waals surface area contributed by atoms with E-state index in [4.69, 9.17) is 21.1 Å². The number of ether oxygens (including phenoxy) is 2. The van der Waals surface area contributed by atoms with E-state index in [-0.39, 0.29) is 0 Å². The van der Waals surface area contributed by atoms with Crippen molar-refractivity contribution >= 4 is 45.8 Å². The molecule has 0 bridgehead atoms. The Hall–Kier alpha value is -1.97. The molecule has 0 atom stereocenters. The molecule has 0 heterocycles. The van der Waals surface area contributed by atoms with Crippen molar-refractivity contribution in [3.05, 3.63) is 68.8 Å². The summed E-state index contributed by atoms with van der Waals surface area (Å²) < 4.78 is 11.9. The van der Waals surface area contributed by atoms with Gasteiger partial charge in [0.25, 0.3) is 0 Å². The molecule has 5 heteroatoms. The van der Waals surface area contributed by atoms with Crippen molar-refractivity contribution in [3.8, 4) is 17.6 Å². The Morgan fingerprint density at radius 2 is 2.04 bits per heavy atom. The molecule has 3 nitrogen and oxygen atoms in total. The largest absolute Gasteiger partial charge is 0.493 e. The summed E-state index contributed by atoms with van der Waals surface area (Å²) in [5, 5.41) is 10.1. The number of hydrogen-bond acceptors (Lipinski definition) is 3. The summed E-state index contributed by atoms with van der Waals surface area (Å²) in [6, 6.07) is 13.2. The van der Waals surface area contributed by atoms with Crippen LogP contribution in [0.2, 0.25) is 5.02 Å². The van der Waals surface area contributed by atoms with E-state index in [0.717, 1.165) is 14.7 Å². The van der Waals surface area contributed by atoms with Crippen LogP contribution in [0.25, 0.3) is 11.6 Å². The lowest BCUT2D eigenvalue weighted by atomic mass is 10.0. The normalized spacial score (nSPS) is 10.8. The molecule has 0 aliphatic heterocycles. The molecule has 0 aliphatic rings. The predicted molar refractivity (Wildman–Crippen MR) is 106 cm³/mol. The second kappa shape index (κ2) is 8.76. The molecule has 2 aromatic carbocycles. The van der Waals surface area contributed by atoms with Crippen LogP contribution in [0.4, 0.5) is 0 Å². The summed E-state index contributed by atoms with van der Waals surface area (Å²) in [6.07, 6.45) is 3.49. The van der Waals surface area contributed by atoms with Gasteiger partial charge < -0.3 is 9.47 Å². The van der Waals surface area contributed by atoms with Gasteiger partial charge in [-0.25, -0.2) is 0 Å². The number of methoxy groups -OCH3 is 1. The van der Waals surface area contributed by atoms with E-state index in [1.807, 2.05) is 30.3 Å². The number of halogens is 2. The summed E-state index contributed by atoms with van der Waals surface area (Å²) in [5.74, 6) is 1.28. The van der Waals surface area contributed by atoms with Crippen molar-refractivity contribution in [1.82, 2.24) is 0 Å². The Balaban J connectivity index is 2.43. The first-order chi connectivity index (χ1) is 11.6. The third-order valence-corrected chi connectivity index (χ3v) is 4.24. The Bertz CT molecular complexity index is 807. The molecular weight excluding hydrogens is 437 g/mol. The number of hydrogen-bond donors (Lipinski definition) is 0. The van der Waals surface area contributed by atoms with Crippen molar-refractivity contribution < 1.29 is 9.47 Å². The molecule has 0 spiro atoms. The van der Waals surface area contributed by atoms with Gasteiger partial charge in [-0.1, -0.05) is 36.4 Å². The minimum atomic E-state index is 0.399. The van der Waals surface area contributed by atoms with Crippen LogP contribution in [0.3, 0.4) is 0 Å². The van der Waals surface area contributed by atoms with Gasteiger partial charge in [-0.05, 0) is 64.1 Å². The van der Waals surface area contributed by atoms with Crippen LogP contribution in [0, 0.1) is 14.9 Å². The van der Waals surface area contributed by atoms with Gasteiger partial charge in [0, 0.05) is 5.02 Å². The minimum Gasteiger partial charge on any atom is -0.493 e. The molecule has 0 saturated heterocycles. The van der Waals surface area contributed by atoms with E-state index in [9.17, 15) is 5.26 Å². The number of benzene rings is 2. The minimum absolute atomic E-state index is 0.399. The van der Waals surface area contributed by atoms with Gasteiger partial charge in [-0.3, -0.25) is 0 Å². The maximum atomic E-state index is 9.46. The zero-order valence-electron chi connectivity index (χ0n) is 13.1. The first-order valence-electron chi connectivity index (χ1n) is 7.08. The van der Waals surface area contributed by atoms with Crippen LogP contribution < -0.4 is 9.47 Å². The molecule has 0 fully saturated rings. The summed E-state index contributed by atoms with van der Waals surface area (Å²) in [6.45, 7) is 4.04. The van der Waals surface area contributed by atoms with E-state index in [1.54, 1.807) is 25.3 Å². The Kier molecular flexibility index (Phi) is 6.71. The molecule has 0 N–H and O–H groups in total. The molecule has 122 valence electrons. The number of allylic oxidation sites excluding steroid dienone is 1. The fraction of sp³-hybridized carbons (Fsp3) is 0.105. The molecule has 2 aromatic rings. The van der Waals surface area contributed by atoms with Crippen LogP contribution in [0.15, 0.2) is 49.1 Å². The van der Waals surface area contributed by atoms with E-state index in [0.29, 0.717) is 28.7 Å². The first kappa shape index (κ1) is 18.4. The van der Waals surface area contributed by atoms with Gasteiger partial charge in [0.05, 0.1) is 22.3 Å². The van der Waals surface area contributed by atoms with Crippen molar-refractivity contribution in [2.24, 2.45) is 0 Å². The number of nitrogens with zero attached hydrogens (tertiary/aromatic N) is 1. The van der Waals surface area contributed by atoms with Crippen LogP contribution in [-0.2, 0) is 0 Å². The zero-order valence-corrected chi connectivity index (χ0v) is 16.0. The second-order valence-corrected chi connectivity index (χ2v) is 6.41. The van der Waals surface area contributed by atoms with Crippen molar-refractivity contribution in [1.29, 1.82) is 5.26 Å². The van der Waals surface area contributed by atoms with Gasteiger partial charge in [0.15, 0.2) is 11.5 Å². The topological polar surface area (TPSA) is 42.2 Å². The molecule has 0 radical (unpaired) electrons. The fourth-order valence-corrected chi connectivity index (χ4v) is 2.99. The van der Waals surface area contributed by atoms with Crippen molar-refractivity contribution in [2.45, 2.75) is 0 Å². The molecule has 0 saturated carbocycles.